The lowest BCUT2D eigenvalue weighted by Gasteiger charge is -2.16. The number of aliphatic imine (C=N–C) groups is 1. The first-order chi connectivity index (χ1) is 18.3. The van der Waals surface area contributed by atoms with Gasteiger partial charge in [0.2, 0.25) is 0 Å². The lowest BCUT2D eigenvalue weighted by molar-refractivity contribution is 0.442. The Bertz CT molecular complexity index is 2040. The van der Waals surface area contributed by atoms with E-state index in [0.29, 0.717) is 11.0 Å². The Kier molecular flexibility index (Phi) is 4.20. The van der Waals surface area contributed by atoms with Gasteiger partial charge >= 0.3 is 0 Å². The quantitative estimate of drug-likeness (QED) is 0.277. The van der Waals surface area contributed by atoms with E-state index in [1.54, 1.807) is 10.7 Å². The van der Waals surface area contributed by atoms with Crippen molar-refractivity contribution in [3.8, 4) is 0 Å². The second-order valence-corrected chi connectivity index (χ2v) is 9.71. The number of fused-ring (bicyclic) bond motifs is 4. The molecule has 0 aliphatic carbocycles. The highest BCUT2D eigenvalue weighted by Gasteiger charge is 2.34. The van der Waals surface area contributed by atoms with E-state index >= 15 is 0 Å². The van der Waals surface area contributed by atoms with Crippen LogP contribution in [0.25, 0.3) is 38.2 Å². The number of benzene rings is 4. The van der Waals surface area contributed by atoms with Crippen molar-refractivity contribution in [2.45, 2.75) is 18.4 Å². The number of para-hydroxylation sites is 2. The molecule has 2 atom stereocenters. The standard InChI is InChI=1S/C32H21N3O2/c36-32-23-16-15-20(26-18-24(28-14-7-17-37-28)30(33-26)19-8-2-1-3-9-19)21-10-6-11-22(29(21)23)31-34-25-12-4-5-13-27(25)35(31)32/h1-17,24,30H,18H2. The van der Waals surface area contributed by atoms with Gasteiger partial charge in [0.25, 0.3) is 5.56 Å². The van der Waals surface area contributed by atoms with E-state index < -0.39 is 0 Å². The van der Waals surface area contributed by atoms with Gasteiger partial charge in [0.1, 0.15) is 11.4 Å². The SMILES string of the molecule is O=c1c2ccc(C3=NC(c4ccccc4)C(c4ccco4)C3)c3cccc(c32)c2nc3ccccc3n12. The zero-order valence-electron chi connectivity index (χ0n) is 19.8. The number of hydrogen-bond donors (Lipinski definition) is 0. The average Bonchev–Trinajstić information content (AvgIpc) is 3.70. The van der Waals surface area contributed by atoms with E-state index in [-0.39, 0.29) is 17.5 Å². The molecule has 0 bridgehead atoms. The van der Waals surface area contributed by atoms with Gasteiger partial charge in [-0.05, 0) is 41.3 Å². The summed E-state index contributed by atoms with van der Waals surface area (Å²) in [4.78, 5) is 23.8. The zero-order valence-corrected chi connectivity index (χ0v) is 19.8. The summed E-state index contributed by atoms with van der Waals surface area (Å²) in [6.45, 7) is 0. The molecule has 176 valence electrons. The third-order valence-corrected chi connectivity index (χ3v) is 7.73. The first-order valence-corrected chi connectivity index (χ1v) is 12.5. The Morgan fingerprint density at radius 3 is 2.49 bits per heavy atom. The Hall–Kier alpha value is -4.77. The minimum Gasteiger partial charge on any atom is -0.469 e. The van der Waals surface area contributed by atoms with E-state index in [9.17, 15) is 4.79 Å². The van der Waals surface area contributed by atoms with Crippen LogP contribution in [0.1, 0.15) is 35.3 Å². The minimum atomic E-state index is -0.0389. The smallest absolute Gasteiger partial charge is 0.264 e. The van der Waals surface area contributed by atoms with Crippen LogP contribution < -0.4 is 5.56 Å². The molecular weight excluding hydrogens is 458 g/mol. The van der Waals surface area contributed by atoms with Crippen LogP contribution in [0.15, 0.2) is 118 Å². The number of hydrogen-bond acceptors (Lipinski definition) is 4. The van der Waals surface area contributed by atoms with Crippen molar-refractivity contribution >= 4 is 43.9 Å². The van der Waals surface area contributed by atoms with Gasteiger partial charge in [-0.2, -0.15) is 0 Å². The Labute approximate surface area is 211 Å². The molecule has 5 nitrogen and oxygen atoms in total. The number of imidazole rings is 1. The molecule has 1 aliphatic rings. The fraction of sp³-hybridized carbons (Fsp3) is 0.0938. The molecule has 3 aromatic heterocycles. The molecular formula is C32H21N3O2. The highest BCUT2D eigenvalue weighted by atomic mass is 16.3. The summed E-state index contributed by atoms with van der Waals surface area (Å²) in [5.74, 6) is 1.06. The average molecular weight is 480 g/mol. The highest BCUT2D eigenvalue weighted by molar-refractivity contribution is 6.22. The maximum atomic E-state index is 13.7. The number of furan rings is 1. The summed E-state index contributed by atoms with van der Waals surface area (Å²) >= 11 is 0. The van der Waals surface area contributed by atoms with Gasteiger partial charge in [0, 0.05) is 39.8 Å². The Morgan fingerprint density at radius 1 is 0.784 bits per heavy atom. The number of rotatable bonds is 3. The number of pyridine rings is 1. The maximum Gasteiger partial charge on any atom is 0.264 e. The summed E-state index contributed by atoms with van der Waals surface area (Å²) in [6.07, 6.45) is 2.49. The van der Waals surface area contributed by atoms with Crippen LogP contribution in [0.4, 0.5) is 0 Å². The van der Waals surface area contributed by atoms with E-state index in [2.05, 4.69) is 48.5 Å². The Balaban J connectivity index is 1.38. The molecule has 1 aliphatic heterocycles. The molecule has 4 heterocycles. The predicted octanol–water partition coefficient (Wildman–Crippen LogP) is 6.90. The van der Waals surface area contributed by atoms with E-state index in [4.69, 9.17) is 14.4 Å². The summed E-state index contributed by atoms with van der Waals surface area (Å²) in [6, 6.07) is 32.4. The monoisotopic (exact) mass is 479 g/mol. The first kappa shape index (κ1) is 20.4. The van der Waals surface area contributed by atoms with Crippen molar-refractivity contribution in [3.63, 3.8) is 0 Å². The van der Waals surface area contributed by atoms with Crippen LogP contribution in [-0.2, 0) is 0 Å². The second kappa shape index (κ2) is 7.61. The molecule has 7 aromatic rings. The highest BCUT2D eigenvalue weighted by Crippen LogP contribution is 2.44. The molecule has 0 saturated carbocycles. The topological polar surface area (TPSA) is 59.9 Å². The van der Waals surface area contributed by atoms with Crippen LogP contribution in [0.5, 0.6) is 0 Å². The van der Waals surface area contributed by atoms with E-state index in [0.717, 1.165) is 50.6 Å². The van der Waals surface area contributed by atoms with Crippen LogP contribution in [0.3, 0.4) is 0 Å². The molecule has 0 N–H and O–H groups in total. The summed E-state index contributed by atoms with van der Waals surface area (Å²) in [5.41, 5.74) is 5.58. The first-order valence-electron chi connectivity index (χ1n) is 12.5. The third kappa shape index (κ3) is 2.88. The van der Waals surface area contributed by atoms with Crippen LogP contribution >= 0.6 is 0 Å². The van der Waals surface area contributed by atoms with Gasteiger partial charge in [0.15, 0.2) is 0 Å². The fourth-order valence-corrected chi connectivity index (χ4v) is 6.08. The summed E-state index contributed by atoms with van der Waals surface area (Å²) in [7, 11) is 0. The molecule has 0 spiro atoms. The molecule has 2 unspecified atom stereocenters. The van der Waals surface area contributed by atoms with Gasteiger partial charge in [0.05, 0.1) is 23.3 Å². The van der Waals surface area contributed by atoms with Crippen molar-refractivity contribution in [2.24, 2.45) is 4.99 Å². The van der Waals surface area contributed by atoms with Crippen molar-refractivity contribution in [3.05, 3.63) is 131 Å². The molecule has 0 fully saturated rings. The van der Waals surface area contributed by atoms with Gasteiger partial charge < -0.3 is 4.42 Å². The van der Waals surface area contributed by atoms with Gasteiger partial charge in [-0.1, -0.05) is 66.7 Å². The van der Waals surface area contributed by atoms with Crippen LogP contribution in [0, 0.1) is 0 Å². The minimum absolute atomic E-state index is 0.0287. The summed E-state index contributed by atoms with van der Waals surface area (Å²) < 4.78 is 7.61. The fourth-order valence-electron chi connectivity index (χ4n) is 6.08. The second-order valence-electron chi connectivity index (χ2n) is 9.71. The van der Waals surface area contributed by atoms with E-state index in [1.807, 2.05) is 48.5 Å². The summed E-state index contributed by atoms with van der Waals surface area (Å²) in [5, 5.41) is 3.66. The Morgan fingerprint density at radius 2 is 1.62 bits per heavy atom. The zero-order chi connectivity index (χ0) is 24.5. The number of aromatic nitrogens is 2. The molecule has 37 heavy (non-hydrogen) atoms. The van der Waals surface area contributed by atoms with E-state index in [1.165, 1.54) is 5.56 Å². The molecule has 0 radical (unpaired) electrons. The molecule has 5 heteroatoms. The van der Waals surface area contributed by atoms with Crippen molar-refractivity contribution in [1.29, 1.82) is 0 Å². The normalized spacial score (nSPS) is 17.9. The lowest BCUT2D eigenvalue weighted by Crippen LogP contribution is -2.14. The van der Waals surface area contributed by atoms with Crippen molar-refractivity contribution in [1.82, 2.24) is 9.38 Å². The van der Waals surface area contributed by atoms with Crippen LogP contribution in [-0.4, -0.2) is 15.1 Å². The maximum absolute atomic E-state index is 13.7. The van der Waals surface area contributed by atoms with Gasteiger partial charge in [-0.3, -0.25) is 14.2 Å². The predicted molar refractivity (Wildman–Crippen MR) is 147 cm³/mol. The van der Waals surface area contributed by atoms with Crippen molar-refractivity contribution < 1.29 is 4.42 Å². The molecule has 8 rings (SSSR count). The molecule has 0 amide bonds. The lowest BCUT2D eigenvalue weighted by atomic mass is 9.88. The number of nitrogens with zero attached hydrogens (tertiary/aromatic N) is 3. The van der Waals surface area contributed by atoms with Gasteiger partial charge in [-0.15, -0.1) is 0 Å². The van der Waals surface area contributed by atoms with Gasteiger partial charge in [-0.25, -0.2) is 4.98 Å². The van der Waals surface area contributed by atoms with Crippen LogP contribution in [0.2, 0.25) is 0 Å². The largest absolute Gasteiger partial charge is 0.469 e. The third-order valence-electron chi connectivity index (χ3n) is 7.73. The molecule has 4 aromatic carbocycles. The molecule has 0 saturated heterocycles. The van der Waals surface area contributed by atoms with Crippen molar-refractivity contribution in [2.75, 3.05) is 0 Å².